The summed E-state index contributed by atoms with van der Waals surface area (Å²) in [5.41, 5.74) is 17.8. The van der Waals surface area contributed by atoms with Crippen LogP contribution >= 0.6 is 11.6 Å². The summed E-state index contributed by atoms with van der Waals surface area (Å²) in [4.78, 5) is 57.7. The van der Waals surface area contributed by atoms with Crippen molar-refractivity contribution in [2.75, 3.05) is 11.5 Å². The quantitative estimate of drug-likeness (QED) is 0.118. The number of anilines is 2. The highest BCUT2D eigenvalue weighted by Crippen LogP contribution is 2.26. The number of terminal acetylenes is 1. The predicted molar refractivity (Wildman–Crippen MR) is 274 cm³/mol. The molecular weight excluding hydrogens is 896 g/mol. The molecule has 10 aromatic rings. The van der Waals surface area contributed by atoms with E-state index in [9.17, 15) is 9.59 Å². The van der Waals surface area contributed by atoms with E-state index in [1.165, 1.54) is 6.33 Å². The summed E-state index contributed by atoms with van der Waals surface area (Å²) in [6.45, 7) is 24.2. The largest absolute Gasteiger partial charge is 0.398 e. The van der Waals surface area contributed by atoms with Crippen LogP contribution in [0.1, 0.15) is 117 Å². The fourth-order valence-corrected chi connectivity index (χ4v) is 7.44. The van der Waals surface area contributed by atoms with Gasteiger partial charge in [-0.05, 0) is 107 Å². The Morgan fingerprint density at radius 1 is 0.623 bits per heavy atom. The van der Waals surface area contributed by atoms with Crippen LogP contribution in [0.15, 0.2) is 77.5 Å². The zero-order valence-electron chi connectivity index (χ0n) is 40.9. The Balaban J connectivity index is 0.000000142. The summed E-state index contributed by atoms with van der Waals surface area (Å²) in [6, 6.07) is 8.94. The molecule has 0 unspecified atom stereocenters. The van der Waals surface area contributed by atoms with Crippen molar-refractivity contribution < 1.29 is 0 Å². The smallest absolute Gasteiger partial charge is 0.281 e. The molecule has 0 bridgehead atoms. The summed E-state index contributed by atoms with van der Waals surface area (Å²) >= 11 is 5.96. The number of nitrogen functional groups attached to an aromatic ring is 2. The third-order valence-corrected chi connectivity index (χ3v) is 11.0. The van der Waals surface area contributed by atoms with Crippen LogP contribution in [0.2, 0.25) is 5.02 Å². The fraction of sp³-hybridized carbons (Fsp3) is 0.354. The number of nitrogens with two attached hydrogens (primary N) is 2. The highest BCUT2D eigenvalue weighted by Gasteiger charge is 2.15. The lowest BCUT2D eigenvalue weighted by molar-refractivity contribution is 0.526. The van der Waals surface area contributed by atoms with Crippen molar-refractivity contribution in [1.82, 2.24) is 78.1 Å². The first-order valence-electron chi connectivity index (χ1n) is 22.4. The van der Waals surface area contributed by atoms with Crippen molar-refractivity contribution in [3.63, 3.8) is 0 Å². The van der Waals surface area contributed by atoms with Crippen molar-refractivity contribution >= 4 is 78.5 Å². The second-order valence-corrected chi connectivity index (χ2v) is 17.9. The molecule has 0 radical (unpaired) electrons. The Kier molecular flexibility index (Phi) is 15.6. The number of imidazole rings is 1. The van der Waals surface area contributed by atoms with Gasteiger partial charge in [-0.1, -0.05) is 22.7 Å². The molecule has 0 aromatic carbocycles. The summed E-state index contributed by atoms with van der Waals surface area (Å²) in [6.07, 6.45) is 17.9. The Hall–Kier alpha value is -7.92. The lowest BCUT2D eigenvalue weighted by Crippen LogP contribution is -2.11. The van der Waals surface area contributed by atoms with Gasteiger partial charge in [-0.2, -0.15) is 0 Å². The minimum atomic E-state index is -0.237. The molecule has 10 heterocycles. The van der Waals surface area contributed by atoms with Crippen molar-refractivity contribution in [3.05, 3.63) is 111 Å². The number of aromatic nitrogens is 16. The van der Waals surface area contributed by atoms with Gasteiger partial charge in [0, 0.05) is 66.2 Å². The zero-order chi connectivity index (χ0) is 50.4. The number of nitrogens with zero attached hydrogens (tertiary/aromatic N) is 14. The van der Waals surface area contributed by atoms with E-state index in [-0.39, 0.29) is 17.2 Å². The number of hydrogen-bond acceptors (Lipinski definition) is 13. The standard InChI is InChI=1S/C11H12N4.C10H13N3O.C10H13N3.C9H10ClN3.C8H11N5O/c1-4-8-5-15(7(2)3)11-9(8)10(12)13-6-14-11;1-6(2)13-5-4-8-9(13)11-7(3)12-10(8)14;1-7(2)13-6-4-8-9(11)3-5-12-10(8)13;1-6(2)13-5-12-8-7(10)3-4-11-9(8)13;1-4(2)13-7-6(11-12-13)8(14)10-5(3)9-7/h1,5-7H,2-3H3,(H2,12,13,14);4-6H,1-3H3,(H,11,12,14);3-7H,1-2H3,(H2,11,12);3-6H,1-2H3;4H,1-3H3,(H,9,10,14). The van der Waals surface area contributed by atoms with Crippen LogP contribution in [0, 0.1) is 26.2 Å². The number of rotatable bonds is 5. The highest BCUT2D eigenvalue weighted by molar-refractivity contribution is 6.34. The fourth-order valence-electron chi connectivity index (χ4n) is 7.25. The number of aryl methyl sites for hydroxylation is 2. The first-order valence-corrected chi connectivity index (χ1v) is 22.8. The van der Waals surface area contributed by atoms with Gasteiger partial charge in [-0.15, -0.1) is 11.5 Å². The number of hydrogen-bond donors (Lipinski definition) is 4. The molecule has 6 N–H and O–H groups in total. The van der Waals surface area contributed by atoms with Gasteiger partial charge in [0.1, 0.15) is 46.3 Å². The molecule has 0 saturated carbocycles. The summed E-state index contributed by atoms with van der Waals surface area (Å²) in [5, 5.41) is 10.8. The number of fused-ring (bicyclic) bond motifs is 5. The van der Waals surface area contributed by atoms with Crippen molar-refractivity contribution in [1.29, 1.82) is 0 Å². The van der Waals surface area contributed by atoms with E-state index in [2.05, 4.69) is 121 Å². The first-order chi connectivity index (χ1) is 32.7. The van der Waals surface area contributed by atoms with Crippen molar-refractivity contribution in [2.45, 2.75) is 113 Å². The zero-order valence-corrected chi connectivity index (χ0v) is 41.7. The molecule has 0 amide bonds. The van der Waals surface area contributed by atoms with Crippen LogP contribution < -0.4 is 22.6 Å². The molecule has 360 valence electrons. The van der Waals surface area contributed by atoms with Gasteiger partial charge >= 0.3 is 0 Å². The maximum absolute atomic E-state index is 11.5. The van der Waals surface area contributed by atoms with E-state index in [1.807, 2.05) is 58.3 Å². The molecule has 69 heavy (non-hydrogen) atoms. The van der Waals surface area contributed by atoms with E-state index >= 15 is 0 Å². The summed E-state index contributed by atoms with van der Waals surface area (Å²) in [7, 11) is 0. The molecule has 0 aliphatic carbocycles. The van der Waals surface area contributed by atoms with Gasteiger partial charge in [0.05, 0.1) is 33.7 Å². The number of nitrogens with one attached hydrogen (secondary N) is 2. The summed E-state index contributed by atoms with van der Waals surface area (Å²) < 4.78 is 9.75. The van der Waals surface area contributed by atoms with Gasteiger partial charge in [-0.25, -0.2) is 39.6 Å². The van der Waals surface area contributed by atoms with Crippen molar-refractivity contribution in [2.24, 2.45) is 0 Å². The van der Waals surface area contributed by atoms with E-state index in [0.717, 1.165) is 50.1 Å². The Morgan fingerprint density at radius 2 is 1.20 bits per heavy atom. The van der Waals surface area contributed by atoms with E-state index in [4.69, 9.17) is 29.5 Å². The van der Waals surface area contributed by atoms with Gasteiger partial charge in [0.25, 0.3) is 11.1 Å². The van der Waals surface area contributed by atoms with Gasteiger partial charge in [-0.3, -0.25) is 9.59 Å². The molecular formula is C48H59ClN18O2. The monoisotopic (exact) mass is 954 g/mol. The molecule has 0 atom stereocenters. The van der Waals surface area contributed by atoms with Crippen LogP contribution in [0.4, 0.5) is 11.5 Å². The Morgan fingerprint density at radius 3 is 1.83 bits per heavy atom. The number of H-pyrrole nitrogens is 2. The Labute approximate surface area is 403 Å². The summed E-state index contributed by atoms with van der Waals surface area (Å²) in [5.74, 6) is 4.27. The van der Waals surface area contributed by atoms with Crippen LogP contribution in [0.3, 0.4) is 0 Å². The Bertz CT molecular complexity index is 3360. The molecule has 21 heteroatoms. The average Bonchev–Trinajstić information content (AvgIpc) is 4.13. The lowest BCUT2D eigenvalue weighted by atomic mass is 10.2. The second kappa shape index (κ2) is 21.4. The predicted octanol–water partition coefficient (Wildman–Crippen LogP) is 8.46. The van der Waals surface area contributed by atoms with Crippen LogP contribution in [0.5, 0.6) is 0 Å². The second-order valence-electron chi connectivity index (χ2n) is 17.5. The van der Waals surface area contributed by atoms with Crippen LogP contribution in [-0.2, 0) is 0 Å². The first kappa shape index (κ1) is 50.5. The van der Waals surface area contributed by atoms with Crippen LogP contribution in [0.25, 0.3) is 55.4 Å². The normalized spacial score (nSPS) is 11.3. The van der Waals surface area contributed by atoms with Gasteiger partial charge in [0.15, 0.2) is 16.8 Å². The minimum absolute atomic E-state index is 0.0631. The molecule has 0 saturated heterocycles. The van der Waals surface area contributed by atoms with E-state index < -0.39 is 0 Å². The molecule has 10 aromatic heterocycles. The SMILES string of the molecule is C#Cc1cn(C(C)C)c2ncnc(N)c12.CC(C)n1ccc2c(N)ccnc21.CC(C)n1cnc2c(Cl)ccnc21.Cc1nc2c(ccn2C(C)C)c(=O)[nH]1.Cc1nc2c(nnn2C(C)C)c(=O)[nH]1. The third kappa shape index (κ3) is 10.9. The molecule has 0 aliphatic rings. The third-order valence-electron chi connectivity index (χ3n) is 10.7. The lowest BCUT2D eigenvalue weighted by Gasteiger charge is -2.07. The molecule has 0 fully saturated rings. The number of pyridine rings is 2. The average molecular weight is 956 g/mol. The van der Waals surface area contributed by atoms with E-state index in [0.29, 0.717) is 63.2 Å². The van der Waals surface area contributed by atoms with Crippen molar-refractivity contribution in [3.8, 4) is 12.3 Å². The van der Waals surface area contributed by atoms with Gasteiger partial charge in [0.2, 0.25) is 0 Å². The molecule has 10 rings (SSSR count). The topological polar surface area (TPSA) is 258 Å². The number of aromatic amines is 2. The van der Waals surface area contributed by atoms with E-state index in [1.54, 1.807) is 49.4 Å². The molecule has 0 aliphatic heterocycles. The maximum atomic E-state index is 11.5. The van der Waals surface area contributed by atoms with Gasteiger partial charge < -0.3 is 39.7 Å². The number of halogens is 1. The minimum Gasteiger partial charge on any atom is -0.398 e. The highest BCUT2D eigenvalue weighted by atomic mass is 35.5. The molecule has 0 spiro atoms. The maximum Gasteiger partial charge on any atom is 0.281 e. The van der Waals surface area contributed by atoms with Crippen LogP contribution in [-0.4, -0.2) is 78.1 Å². The molecule has 20 nitrogen and oxygen atoms in total.